The summed E-state index contributed by atoms with van der Waals surface area (Å²) in [6.45, 7) is 39.6. The molecule has 0 aliphatic heterocycles. The van der Waals surface area contributed by atoms with Crippen LogP contribution in [0.25, 0.3) is 90.1 Å². The van der Waals surface area contributed by atoms with Gasteiger partial charge in [0.1, 0.15) is 28.2 Å². The Morgan fingerprint density at radius 2 is 0.535 bits per heavy atom. The highest BCUT2D eigenvalue weighted by molar-refractivity contribution is 5.72. The maximum Gasteiger partial charge on any atom is 0.213 e. The highest BCUT2D eigenvalue weighted by Gasteiger charge is 2.26. The molecule has 4 nitrogen and oxygen atoms in total. The summed E-state index contributed by atoms with van der Waals surface area (Å²) in [5, 5.41) is 0. The summed E-state index contributed by atoms with van der Waals surface area (Å²) < 4.78 is 9.32. The van der Waals surface area contributed by atoms with Crippen molar-refractivity contribution in [2.24, 2.45) is 28.2 Å². The third kappa shape index (κ3) is 15.9. The van der Waals surface area contributed by atoms with Crippen LogP contribution in [0.5, 0.6) is 0 Å². The van der Waals surface area contributed by atoms with Gasteiger partial charge in [0.05, 0.1) is 0 Å². The lowest BCUT2D eigenvalue weighted by atomic mass is 9.87. The molecule has 0 saturated carbocycles. The minimum Gasteiger partial charge on any atom is -0.194 e. The van der Waals surface area contributed by atoms with Gasteiger partial charge < -0.3 is 0 Å². The molecule has 0 N–H and O–H groups in total. The number of hydrogen-bond acceptors (Lipinski definition) is 0. The number of rotatable bonds is 9. The second-order valence-electron chi connectivity index (χ2n) is 29.0. The van der Waals surface area contributed by atoms with Crippen LogP contribution in [0.2, 0.25) is 0 Å². The van der Waals surface area contributed by atoms with Crippen LogP contribution in [-0.2, 0) is 41.0 Å². The molecule has 0 amide bonds. The maximum absolute atomic E-state index is 2.45. The Hall–Kier alpha value is -9.64. The van der Waals surface area contributed by atoms with E-state index in [1.807, 2.05) is 0 Å². The Labute approximate surface area is 595 Å². The maximum atomic E-state index is 2.45. The van der Waals surface area contributed by atoms with E-state index in [-0.39, 0.29) is 0 Å². The van der Waals surface area contributed by atoms with Crippen LogP contribution in [0.15, 0.2) is 200 Å². The molecule has 0 unspecified atom stereocenters. The van der Waals surface area contributed by atoms with Crippen molar-refractivity contribution in [1.29, 1.82) is 0 Å². The van der Waals surface area contributed by atoms with Crippen LogP contribution in [0.3, 0.4) is 0 Å². The van der Waals surface area contributed by atoms with Crippen molar-refractivity contribution in [2.75, 3.05) is 0 Å². The molecule has 13 rings (SSSR count). The molecule has 0 saturated heterocycles. The van der Waals surface area contributed by atoms with Gasteiger partial charge in [-0.25, -0.2) is 0 Å². The zero-order chi connectivity index (χ0) is 71.3. The first-order chi connectivity index (χ1) is 47.2. The molecule has 0 atom stereocenters. The van der Waals surface area contributed by atoms with E-state index in [0.29, 0.717) is 5.92 Å². The Bertz CT molecular complexity index is 4990. The number of benzene rings is 8. The largest absolute Gasteiger partial charge is 0.213 e. The summed E-state index contributed by atoms with van der Waals surface area (Å²) in [5.74, 6) is 0.556. The quantitative estimate of drug-likeness (QED) is 0.128. The molecule has 504 valence electrons. The Morgan fingerprint density at radius 1 is 0.222 bits per heavy atom. The number of aromatic nitrogens is 4. The fraction of sp³-hybridized carbons (Fsp3) is 0.284. The van der Waals surface area contributed by atoms with Gasteiger partial charge in [0.15, 0.2) is 0 Å². The van der Waals surface area contributed by atoms with Gasteiger partial charge in [0, 0.05) is 93.0 Å². The van der Waals surface area contributed by atoms with E-state index in [1.165, 1.54) is 210 Å². The van der Waals surface area contributed by atoms with Crippen molar-refractivity contribution < 1.29 is 18.3 Å². The first-order valence-corrected chi connectivity index (χ1v) is 35.9. The van der Waals surface area contributed by atoms with Crippen LogP contribution in [0.4, 0.5) is 0 Å². The van der Waals surface area contributed by atoms with Crippen LogP contribution in [-0.4, -0.2) is 0 Å². The Balaban J connectivity index is 0.000000143. The van der Waals surface area contributed by atoms with Gasteiger partial charge in [0.2, 0.25) is 45.6 Å². The number of pyridine rings is 4. The smallest absolute Gasteiger partial charge is 0.194 e. The third-order valence-corrected chi connectivity index (χ3v) is 21.2. The van der Waals surface area contributed by atoms with Crippen molar-refractivity contribution >= 4 is 0 Å². The number of fused-ring (bicyclic) bond motifs is 1. The number of hydrogen-bond donors (Lipinski definition) is 0. The van der Waals surface area contributed by atoms with Crippen LogP contribution < -0.4 is 18.3 Å². The van der Waals surface area contributed by atoms with Gasteiger partial charge in [-0.15, -0.1) is 0 Å². The van der Waals surface area contributed by atoms with Gasteiger partial charge in [0.25, 0.3) is 0 Å². The molecule has 0 radical (unpaired) electrons. The highest BCUT2D eigenvalue weighted by atomic mass is 15.0. The number of aryl methyl sites for hydroxylation is 18. The van der Waals surface area contributed by atoms with Crippen LogP contribution in [0, 0.1) is 111 Å². The van der Waals surface area contributed by atoms with Gasteiger partial charge in [-0.05, 0) is 309 Å². The molecular weight excluding hydrogens is 1200 g/mol. The summed E-state index contributed by atoms with van der Waals surface area (Å²) in [6, 6.07) is 73.9. The molecule has 8 aromatic carbocycles. The lowest BCUT2D eigenvalue weighted by Crippen LogP contribution is -2.34. The molecule has 0 spiro atoms. The van der Waals surface area contributed by atoms with Crippen molar-refractivity contribution in [1.82, 2.24) is 0 Å². The van der Waals surface area contributed by atoms with Gasteiger partial charge in [-0.3, -0.25) is 0 Å². The Kier molecular flexibility index (Phi) is 22.6. The summed E-state index contributed by atoms with van der Waals surface area (Å²) in [4.78, 5) is 0. The summed E-state index contributed by atoms with van der Waals surface area (Å²) in [6.07, 6.45) is 5.13. The van der Waals surface area contributed by atoms with E-state index in [9.17, 15) is 0 Å². The molecule has 12 aromatic rings. The van der Waals surface area contributed by atoms with E-state index in [4.69, 9.17) is 0 Å². The predicted molar refractivity (Wildman–Crippen MR) is 420 cm³/mol. The molecule has 1 aliphatic carbocycles. The molecule has 0 bridgehead atoms. The van der Waals surface area contributed by atoms with E-state index >= 15 is 0 Å². The standard InChI is InChI=1S/C25H30N.C24H26N.2C23H26N/c1-16(2)21-11-12-22(20(6)14-21)24-9-8-10-25(26(24)7)23-15-18(4)17(3)13-19(23)5;1-17-9-4-7-12-21(17)23-13-8-14-24(25(23)3)22-16-20-11-6-5-10-19(20)15-18(22)2;1-15-10-11-16(2)20(12-15)22-8-7-9-23(24(22)6)21-14-18(4)17(3)13-19(21)5;1-15-11-22(20-10-8-7-9-16(20)2)24(6)23(12-15)21-14-18(4)17(3)13-19(21)5/h8-16H,1-7H3;4,7-9,12-16H,5-6,10-11H2,1-3H3;2*7-14H,1-6H3/q4*+1. The minimum atomic E-state index is 0.556. The third-order valence-electron chi connectivity index (χ3n) is 21.2. The summed E-state index contributed by atoms with van der Waals surface area (Å²) in [7, 11) is 8.71. The van der Waals surface area contributed by atoms with Gasteiger partial charge >= 0.3 is 0 Å². The van der Waals surface area contributed by atoms with E-state index in [1.54, 1.807) is 11.1 Å². The van der Waals surface area contributed by atoms with Crippen molar-refractivity contribution in [3.8, 4) is 90.1 Å². The zero-order valence-electron chi connectivity index (χ0n) is 63.7. The van der Waals surface area contributed by atoms with Crippen LogP contribution >= 0.6 is 0 Å². The fourth-order valence-corrected chi connectivity index (χ4v) is 14.6. The molecule has 0 fully saturated rings. The highest BCUT2D eigenvalue weighted by Crippen LogP contribution is 2.35. The first kappa shape index (κ1) is 72.1. The zero-order valence-corrected chi connectivity index (χ0v) is 63.7. The minimum absolute atomic E-state index is 0.556. The van der Waals surface area contributed by atoms with Gasteiger partial charge in [-0.1, -0.05) is 104 Å². The van der Waals surface area contributed by atoms with Crippen molar-refractivity contribution in [2.45, 2.75) is 156 Å². The molecule has 1 aliphatic rings. The predicted octanol–water partition coefficient (Wildman–Crippen LogP) is 22.3. The molecular formula is C95H108N4+4. The SMILES string of the molecule is Cc1cc(-c2ccccc2C)[n+](C)c(-c2cc(C)c(C)cc2C)c1.Cc1cc(C)c(-c2cccc(-c3ccc(C(C)C)cc3C)[n+]2C)cc1C.Cc1ccc(C)c(-c2cccc(-c3cc(C)c(C)cc3C)[n+]2C)c1.Cc1ccccc1-c1cccc(-c2cc3c(cc2C)CCCC3)[n+]1C. The average Bonchev–Trinajstić information content (AvgIpc) is 0.800. The first-order valence-electron chi connectivity index (χ1n) is 35.9. The van der Waals surface area contributed by atoms with Crippen molar-refractivity contribution in [3.05, 3.63) is 306 Å². The normalized spacial score (nSPS) is 11.7. The average molecular weight is 1310 g/mol. The lowest BCUT2D eigenvalue weighted by molar-refractivity contribution is -0.649. The second kappa shape index (κ2) is 31.1. The van der Waals surface area contributed by atoms with E-state index < -0.39 is 0 Å². The fourth-order valence-electron chi connectivity index (χ4n) is 14.6. The summed E-state index contributed by atoms with van der Waals surface area (Å²) >= 11 is 0. The molecule has 99 heavy (non-hydrogen) atoms. The number of nitrogens with zero attached hydrogens (tertiary/aromatic N) is 4. The Morgan fingerprint density at radius 3 is 0.960 bits per heavy atom. The van der Waals surface area contributed by atoms with Crippen LogP contribution in [0.1, 0.15) is 138 Å². The second-order valence-corrected chi connectivity index (χ2v) is 29.0. The molecule has 4 heteroatoms. The van der Waals surface area contributed by atoms with E-state index in [0.717, 1.165) is 0 Å². The van der Waals surface area contributed by atoms with Crippen molar-refractivity contribution in [3.63, 3.8) is 0 Å². The molecule has 4 heterocycles. The summed E-state index contributed by atoms with van der Waals surface area (Å²) in [5.41, 5.74) is 46.5. The lowest BCUT2D eigenvalue weighted by Gasteiger charge is -2.18. The van der Waals surface area contributed by atoms with Gasteiger partial charge in [-0.2, -0.15) is 18.3 Å². The monoisotopic (exact) mass is 1300 g/mol. The topological polar surface area (TPSA) is 15.5 Å². The molecule has 4 aromatic heterocycles. The van der Waals surface area contributed by atoms with E-state index in [2.05, 4.69) is 371 Å².